The number of aromatic hydroxyl groups is 14. The van der Waals surface area contributed by atoms with Gasteiger partial charge in [0.05, 0.1) is 62.7 Å². The topological polar surface area (TPSA) is 438 Å². The summed E-state index contributed by atoms with van der Waals surface area (Å²) in [6, 6.07) is 33.5. The summed E-state index contributed by atoms with van der Waals surface area (Å²) in [5.41, 5.74) is -4.63. The molecular formula is C67H46FN4O19P. The number of nitriles is 2. The molecule has 0 aliphatic rings. The lowest BCUT2D eigenvalue weighted by atomic mass is 9.90. The van der Waals surface area contributed by atoms with E-state index >= 15 is 4.39 Å². The van der Waals surface area contributed by atoms with Gasteiger partial charge in [-0.05, 0) is 124 Å². The van der Waals surface area contributed by atoms with Crippen molar-refractivity contribution in [3.8, 4) is 126 Å². The van der Waals surface area contributed by atoms with Gasteiger partial charge in [-0.15, -0.1) is 9.24 Å². The van der Waals surface area contributed by atoms with Crippen LogP contribution in [-0.4, -0.2) is 97.0 Å². The number of allylic oxidation sites excluding steroid dienone is 1. The van der Waals surface area contributed by atoms with Gasteiger partial charge in [0.1, 0.15) is 5.82 Å². The van der Waals surface area contributed by atoms with Crippen LogP contribution in [0.3, 0.4) is 0 Å². The number of hydrogen-bond donors (Lipinski definition) is 19. The fraction of sp³-hybridized carbons (Fsp3) is 0.0149. The molecule has 0 heterocycles. The molecule has 0 saturated carbocycles. The van der Waals surface area contributed by atoms with Crippen LogP contribution in [0.15, 0.2) is 151 Å². The second kappa shape index (κ2) is 22.2. The largest absolute Gasteiger partial charge is 0.504 e. The molecule has 25 heteroatoms. The number of hydrogen-bond acceptors (Lipinski definition) is 23. The van der Waals surface area contributed by atoms with Crippen LogP contribution in [0.5, 0.6) is 80.5 Å². The van der Waals surface area contributed by atoms with E-state index in [0.29, 0.717) is 32.3 Å². The molecule has 0 spiro atoms. The quantitative estimate of drug-likeness (QED) is 0.0135. The molecule has 0 aliphatic carbocycles. The van der Waals surface area contributed by atoms with E-state index in [1.54, 1.807) is 53.4 Å². The third-order valence-electron chi connectivity index (χ3n) is 15.8. The Labute approximate surface area is 518 Å². The Bertz CT molecular complexity index is 5100. The highest BCUT2D eigenvalue weighted by Crippen LogP contribution is 2.61. The van der Waals surface area contributed by atoms with Gasteiger partial charge in [0.2, 0.25) is 46.0 Å². The number of halogens is 1. The first-order chi connectivity index (χ1) is 43.6. The molecule has 0 aliphatic heterocycles. The predicted octanol–water partition coefficient (Wildman–Crippen LogP) is 13.3. The molecule has 0 saturated heterocycles. The first kappa shape index (κ1) is 60.5. The van der Waals surface area contributed by atoms with Gasteiger partial charge in [-0.1, -0.05) is 43.0 Å². The Kier molecular flexibility index (Phi) is 14.6. The van der Waals surface area contributed by atoms with E-state index in [-0.39, 0.29) is 56.1 Å². The van der Waals surface area contributed by atoms with Crippen LogP contribution in [0.2, 0.25) is 0 Å². The zero-order valence-electron chi connectivity index (χ0n) is 47.0. The van der Waals surface area contributed by atoms with E-state index in [9.17, 15) is 108 Å². The molecule has 11 rings (SSSR count). The molecule has 92 heavy (non-hydrogen) atoms. The van der Waals surface area contributed by atoms with Crippen molar-refractivity contribution in [2.24, 2.45) is 0 Å². The van der Waals surface area contributed by atoms with Gasteiger partial charge in [-0.2, -0.15) is 10.5 Å². The van der Waals surface area contributed by atoms with Crippen molar-refractivity contribution in [2.75, 3.05) is 9.80 Å². The van der Waals surface area contributed by atoms with E-state index < -0.39 is 154 Å². The number of benzene rings is 11. The van der Waals surface area contributed by atoms with Crippen LogP contribution < -0.4 is 15.1 Å². The van der Waals surface area contributed by atoms with Crippen molar-refractivity contribution in [2.45, 2.75) is 6.92 Å². The smallest absolute Gasteiger partial charge is 0.322 e. The van der Waals surface area contributed by atoms with Gasteiger partial charge < -0.3 is 107 Å². The first-order valence-electron chi connectivity index (χ1n) is 26.7. The van der Waals surface area contributed by atoms with Crippen molar-refractivity contribution < 1.29 is 101 Å². The van der Waals surface area contributed by atoms with Crippen molar-refractivity contribution in [3.05, 3.63) is 179 Å². The number of phenols is 14. The second-order valence-electron chi connectivity index (χ2n) is 20.9. The van der Waals surface area contributed by atoms with Crippen LogP contribution in [-0.2, 0) is 0 Å². The van der Waals surface area contributed by atoms with Crippen molar-refractivity contribution in [1.82, 2.24) is 0 Å². The molecule has 1 atom stereocenters. The molecule has 0 amide bonds. The summed E-state index contributed by atoms with van der Waals surface area (Å²) in [5, 5.41) is 230. The summed E-state index contributed by atoms with van der Waals surface area (Å²) in [4.78, 5) is 2.95. The number of anilines is 6. The van der Waals surface area contributed by atoms with Gasteiger partial charge in [-0.3, -0.25) is 0 Å². The third kappa shape index (κ3) is 9.22. The summed E-state index contributed by atoms with van der Waals surface area (Å²) < 4.78 is 17.5. The summed E-state index contributed by atoms with van der Waals surface area (Å²) in [5.74, 6) is -24.5. The summed E-state index contributed by atoms with van der Waals surface area (Å²) in [6.07, 6.45) is 0. The Morgan fingerprint density at radius 1 is 0.413 bits per heavy atom. The lowest BCUT2D eigenvalue weighted by molar-refractivity contribution is 0.150. The Morgan fingerprint density at radius 3 is 1.22 bits per heavy atom. The molecule has 460 valence electrons. The zero-order chi connectivity index (χ0) is 66.5. The van der Waals surface area contributed by atoms with E-state index in [1.165, 1.54) is 59.5 Å². The Balaban J connectivity index is 1.24. The number of aliphatic hydroxyl groups excluding tert-OH is 4. The fourth-order valence-electron chi connectivity index (χ4n) is 11.2. The maximum absolute atomic E-state index is 17.5. The van der Waals surface area contributed by atoms with E-state index in [0.717, 1.165) is 25.1 Å². The highest BCUT2D eigenvalue weighted by atomic mass is 31.0. The van der Waals surface area contributed by atoms with Crippen molar-refractivity contribution in [3.63, 3.8) is 0 Å². The molecule has 0 radical (unpaired) electrons. The maximum Gasteiger partial charge on any atom is 0.322 e. The molecule has 1 unspecified atom stereocenters. The van der Waals surface area contributed by atoms with Crippen LogP contribution in [0.25, 0.3) is 71.3 Å². The predicted molar refractivity (Wildman–Crippen MR) is 339 cm³/mol. The highest BCUT2D eigenvalue weighted by Gasteiger charge is 2.35. The molecule has 23 nitrogen and oxygen atoms in total. The summed E-state index contributed by atoms with van der Waals surface area (Å²) in [6.45, 7) is 5.03. The summed E-state index contributed by atoms with van der Waals surface area (Å²) in [7, 11) is 2.34. The first-order valence-corrected chi connectivity index (χ1v) is 27.3. The molecule has 11 aromatic rings. The minimum atomic E-state index is -1.85. The average Bonchev–Trinajstić information content (AvgIpc) is 0.723. The number of aliphatic hydroxyl groups is 5. The maximum atomic E-state index is 17.5. The minimum Gasteiger partial charge on any atom is -0.504 e. The fourth-order valence-corrected chi connectivity index (χ4v) is 11.6. The van der Waals surface area contributed by atoms with E-state index in [4.69, 9.17) is 0 Å². The van der Waals surface area contributed by atoms with E-state index in [2.05, 4.69) is 15.8 Å². The molecule has 11 aromatic carbocycles. The lowest BCUT2D eigenvalue weighted by Gasteiger charge is -2.32. The zero-order valence-corrected chi connectivity index (χ0v) is 48.2. The van der Waals surface area contributed by atoms with Gasteiger partial charge in [0, 0.05) is 50.0 Å². The number of rotatable bonds is 12. The summed E-state index contributed by atoms with van der Waals surface area (Å²) >= 11 is 0. The average molecular weight is 1260 g/mol. The Morgan fingerprint density at radius 2 is 0.793 bits per heavy atom. The third-order valence-corrected chi connectivity index (χ3v) is 16.3. The number of nitrogens with zero attached hydrogens (tertiary/aromatic N) is 4. The monoisotopic (exact) mass is 1260 g/mol. The van der Waals surface area contributed by atoms with Gasteiger partial charge in [0.25, 0.3) is 0 Å². The van der Waals surface area contributed by atoms with Crippen LogP contribution in [0.4, 0.5) is 38.5 Å². The molecular weight excluding hydrogens is 1210 g/mol. The molecule has 0 aromatic heterocycles. The Hall–Kier alpha value is -13.2. The van der Waals surface area contributed by atoms with Crippen LogP contribution in [0, 0.1) is 35.4 Å². The molecule has 19 N–H and O–H groups in total. The molecule has 0 bridgehead atoms. The van der Waals surface area contributed by atoms with Gasteiger partial charge in [0.15, 0.2) is 51.8 Å². The standard InChI is InChI=1S/C67H46FN4O19P/c1-25(50(73)59(82)66(89)67(90)91)35-19-36(47-53(76)51(74)26(2)52(75)54(47)77)39(68)21-42(35)71(31-11-3-27(23-69)4-12-31)40-17-9-29-8-16-34-41(18-10-30-7-15-33(40)45(29)46(30)34)72(32-13-5-28(24-70)6-14-32)43-22-44(92)38(49-57(80)62(85)65(88)63(86)58(49)81)20-37(43)48-55(78)60(83)64(87)61(84)56(48)79/h3-22,73-91H,1,92H2,2H3/b59-50-. The van der Waals surface area contributed by atoms with Gasteiger partial charge >= 0.3 is 5.95 Å². The van der Waals surface area contributed by atoms with Crippen molar-refractivity contribution in [1.29, 1.82) is 10.5 Å². The van der Waals surface area contributed by atoms with Crippen molar-refractivity contribution >= 4 is 86.6 Å². The van der Waals surface area contributed by atoms with E-state index in [1.807, 2.05) is 12.1 Å². The number of phenolic OH excluding ortho intramolecular Hbond substituents is 14. The highest BCUT2D eigenvalue weighted by molar-refractivity contribution is 7.28. The normalized spacial score (nSPS) is 11.6. The minimum absolute atomic E-state index is 0.00282. The van der Waals surface area contributed by atoms with Crippen LogP contribution >= 0.6 is 9.24 Å². The SMILES string of the molecule is C=C(/C(O)=C(/O)C(O)=C(O)O)c1cc(-c2c(O)c(O)c(C)c(O)c2O)c(F)cc1N(c1ccc(C#N)cc1)c1ccc2ccc3c(N(c4ccc(C#N)cc4)c4cc(P)c(-c5c(O)c(O)c(O)c(O)c5O)cc4-c4c(O)c(O)c(O)c(O)c4O)ccc4ccc1c2c43. The second-order valence-corrected chi connectivity index (χ2v) is 21.5. The lowest BCUT2D eigenvalue weighted by Crippen LogP contribution is -2.15. The van der Waals surface area contributed by atoms with Crippen LogP contribution in [0.1, 0.15) is 22.3 Å². The van der Waals surface area contributed by atoms with Gasteiger partial charge in [-0.25, -0.2) is 4.39 Å². The molecule has 0 fully saturated rings.